The molecule has 5 heterocycles. The first kappa shape index (κ1) is 17.3. The fourth-order valence-corrected chi connectivity index (χ4v) is 5.78. The van der Waals surface area contributed by atoms with E-state index < -0.39 is 0 Å². The van der Waals surface area contributed by atoms with Gasteiger partial charge in [-0.05, 0) is 19.8 Å². The van der Waals surface area contributed by atoms with Crippen molar-refractivity contribution in [2.75, 3.05) is 19.6 Å². The summed E-state index contributed by atoms with van der Waals surface area (Å²) >= 11 is 1.45. The van der Waals surface area contributed by atoms with Gasteiger partial charge in [0.2, 0.25) is 0 Å². The maximum Gasteiger partial charge on any atom is 0.270 e. The van der Waals surface area contributed by atoms with Crippen LogP contribution in [0, 0.1) is 18.8 Å². The Morgan fingerprint density at radius 1 is 1.52 bits per heavy atom. The van der Waals surface area contributed by atoms with E-state index in [0.717, 1.165) is 32.5 Å². The van der Waals surface area contributed by atoms with Crippen LogP contribution in [-0.2, 0) is 18.3 Å². The Morgan fingerprint density at radius 3 is 3.15 bits per heavy atom. The zero-order chi connectivity index (χ0) is 18.6. The zero-order valence-corrected chi connectivity index (χ0v) is 16.5. The van der Waals surface area contributed by atoms with E-state index in [1.165, 1.54) is 22.6 Å². The SMILES string of the molecule is Cc1c(CN2C[C@@H]3[C@H](CNC(=O)c4cscn4)[C@H]4CC[C@]3(C2)O4)cnn1C. The number of likely N-dealkylation sites (tertiary alicyclic amines) is 1. The van der Waals surface area contributed by atoms with Gasteiger partial charge in [0.15, 0.2) is 0 Å². The summed E-state index contributed by atoms with van der Waals surface area (Å²) in [5.74, 6) is 0.805. The second-order valence-corrected chi connectivity index (χ2v) is 8.88. The van der Waals surface area contributed by atoms with Crippen molar-refractivity contribution in [1.29, 1.82) is 0 Å². The van der Waals surface area contributed by atoms with Crippen LogP contribution >= 0.6 is 11.3 Å². The molecule has 8 heteroatoms. The van der Waals surface area contributed by atoms with E-state index in [1.54, 1.807) is 10.9 Å². The predicted molar refractivity (Wildman–Crippen MR) is 101 cm³/mol. The summed E-state index contributed by atoms with van der Waals surface area (Å²) in [5, 5.41) is 9.26. The van der Waals surface area contributed by atoms with Crippen LogP contribution in [-0.4, -0.2) is 56.9 Å². The van der Waals surface area contributed by atoms with Crippen molar-refractivity contribution in [3.8, 4) is 0 Å². The van der Waals surface area contributed by atoms with Gasteiger partial charge in [0.25, 0.3) is 5.91 Å². The maximum atomic E-state index is 12.3. The molecule has 2 aromatic rings. The monoisotopic (exact) mass is 387 g/mol. The summed E-state index contributed by atoms with van der Waals surface area (Å²) < 4.78 is 8.43. The van der Waals surface area contributed by atoms with Crippen LogP contribution in [0.1, 0.15) is 34.6 Å². The first-order chi connectivity index (χ1) is 13.1. The average Bonchev–Trinajstić information content (AvgIpc) is 3.44. The van der Waals surface area contributed by atoms with E-state index in [0.29, 0.717) is 24.1 Å². The molecule has 1 N–H and O–H groups in total. The van der Waals surface area contributed by atoms with Gasteiger partial charge in [0, 0.05) is 61.7 Å². The second kappa shape index (κ2) is 6.39. The number of aryl methyl sites for hydroxylation is 1. The van der Waals surface area contributed by atoms with E-state index in [1.807, 2.05) is 17.9 Å². The highest BCUT2D eigenvalue weighted by atomic mass is 32.1. The minimum atomic E-state index is -0.0751. The van der Waals surface area contributed by atoms with Crippen LogP contribution in [0.25, 0.3) is 0 Å². The number of nitrogens with one attached hydrogen (secondary N) is 1. The molecule has 27 heavy (non-hydrogen) atoms. The van der Waals surface area contributed by atoms with Gasteiger partial charge in [0.05, 0.1) is 23.4 Å². The number of hydrogen-bond acceptors (Lipinski definition) is 6. The van der Waals surface area contributed by atoms with Gasteiger partial charge in [-0.2, -0.15) is 5.10 Å². The molecule has 3 aliphatic rings. The van der Waals surface area contributed by atoms with Crippen molar-refractivity contribution in [2.24, 2.45) is 18.9 Å². The van der Waals surface area contributed by atoms with E-state index in [4.69, 9.17) is 4.74 Å². The number of carbonyl (C=O) groups is 1. The van der Waals surface area contributed by atoms with Crippen LogP contribution in [0.15, 0.2) is 17.1 Å². The molecule has 0 unspecified atom stereocenters. The number of rotatable bonds is 5. The summed E-state index contributed by atoms with van der Waals surface area (Å²) in [4.78, 5) is 18.9. The number of hydrogen-bond donors (Lipinski definition) is 1. The zero-order valence-electron chi connectivity index (χ0n) is 15.7. The van der Waals surface area contributed by atoms with Gasteiger partial charge < -0.3 is 10.1 Å². The quantitative estimate of drug-likeness (QED) is 0.844. The molecular weight excluding hydrogens is 362 g/mol. The van der Waals surface area contributed by atoms with E-state index >= 15 is 0 Å². The maximum absolute atomic E-state index is 12.3. The number of ether oxygens (including phenoxy) is 1. The Balaban J connectivity index is 1.26. The van der Waals surface area contributed by atoms with Crippen molar-refractivity contribution in [3.63, 3.8) is 0 Å². The molecule has 5 rings (SSSR count). The minimum Gasteiger partial charge on any atom is -0.370 e. The van der Waals surface area contributed by atoms with Crippen molar-refractivity contribution in [3.05, 3.63) is 34.0 Å². The smallest absolute Gasteiger partial charge is 0.270 e. The second-order valence-electron chi connectivity index (χ2n) is 8.16. The van der Waals surface area contributed by atoms with Crippen LogP contribution in [0.5, 0.6) is 0 Å². The van der Waals surface area contributed by atoms with Gasteiger partial charge in [-0.25, -0.2) is 4.98 Å². The summed E-state index contributed by atoms with van der Waals surface area (Å²) in [7, 11) is 1.99. The van der Waals surface area contributed by atoms with Crippen LogP contribution in [0.4, 0.5) is 0 Å². The number of nitrogens with zero attached hydrogens (tertiary/aromatic N) is 4. The lowest BCUT2D eigenvalue weighted by Crippen LogP contribution is -2.42. The lowest BCUT2D eigenvalue weighted by molar-refractivity contribution is 0.00210. The Kier molecular flexibility index (Phi) is 4.10. The Morgan fingerprint density at radius 2 is 2.41 bits per heavy atom. The average molecular weight is 388 g/mol. The highest BCUT2D eigenvalue weighted by Gasteiger charge is 2.62. The van der Waals surface area contributed by atoms with Gasteiger partial charge >= 0.3 is 0 Å². The van der Waals surface area contributed by atoms with Gasteiger partial charge in [0.1, 0.15) is 5.69 Å². The van der Waals surface area contributed by atoms with Crippen molar-refractivity contribution < 1.29 is 9.53 Å². The summed E-state index contributed by atoms with van der Waals surface area (Å²) in [5.41, 5.74) is 4.70. The third-order valence-electron chi connectivity index (χ3n) is 6.75. The number of amides is 1. The minimum absolute atomic E-state index is 0.0171. The Bertz CT molecular complexity index is 850. The lowest BCUT2D eigenvalue weighted by Gasteiger charge is -2.29. The fraction of sp³-hybridized carbons (Fsp3) is 0.632. The molecule has 0 saturated carbocycles. The predicted octanol–water partition coefficient (Wildman–Crippen LogP) is 1.59. The Hall–Kier alpha value is -1.77. The molecule has 0 aliphatic carbocycles. The third kappa shape index (κ3) is 2.81. The molecular formula is C19H25N5O2S. The Labute approximate surface area is 162 Å². The summed E-state index contributed by atoms with van der Waals surface area (Å²) in [6, 6.07) is 0. The third-order valence-corrected chi connectivity index (χ3v) is 7.33. The molecule has 3 aliphatic heterocycles. The number of fused-ring (bicyclic) bond motifs is 1. The lowest BCUT2D eigenvalue weighted by atomic mass is 9.73. The fourth-order valence-electron chi connectivity index (χ4n) is 5.25. The molecule has 0 aromatic carbocycles. The largest absolute Gasteiger partial charge is 0.370 e. The van der Waals surface area contributed by atoms with Crippen molar-refractivity contribution in [1.82, 2.24) is 25.0 Å². The van der Waals surface area contributed by atoms with Crippen LogP contribution in [0.3, 0.4) is 0 Å². The highest BCUT2D eigenvalue weighted by molar-refractivity contribution is 7.07. The molecule has 3 saturated heterocycles. The molecule has 144 valence electrons. The molecule has 1 amide bonds. The topological polar surface area (TPSA) is 72.3 Å². The molecule has 7 nitrogen and oxygen atoms in total. The van der Waals surface area contributed by atoms with Crippen LogP contribution in [0.2, 0.25) is 0 Å². The molecule has 1 spiro atoms. The normalized spacial score (nSPS) is 32.1. The number of aromatic nitrogens is 3. The first-order valence-electron chi connectivity index (χ1n) is 9.60. The van der Waals surface area contributed by atoms with Crippen molar-refractivity contribution in [2.45, 2.75) is 38.0 Å². The van der Waals surface area contributed by atoms with E-state index in [9.17, 15) is 4.79 Å². The highest BCUT2D eigenvalue weighted by Crippen LogP contribution is 2.54. The summed E-state index contributed by atoms with van der Waals surface area (Å²) in [6.07, 6.45) is 4.51. The van der Waals surface area contributed by atoms with Gasteiger partial charge in [-0.15, -0.1) is 11.3 Å². The molecule has 3 fully saturated rings. The van der Waals surface area contributed by atoms with Gasteiger partial charge in [-0.3, -0.25) is 14.4 Å². The standard InChI is InChI=1S/C19H25N5O2S/c1-12-13(5-22-23(12)2)7-24-8-15-14(17-3-4-19(15,10-24)26-17)6-20-18(25)16-9-27-11-21-16/h5,9,11,14-15,17H,3-4,6-8,10H2,1-2H3,(H,20,25)/t14-,15+,17+,19+/m0/s1. The van der Waals surface area contributed by atoms with E-state index in [-0.39, 0.29) is 17.6 Å². The number of thiazole rings is 1. The van der Waals surface area contributed by atoms with E-state index in [2.05, 4.69) is 27.2 Å². The number of carbonyl (C=O) groups excluding carboxylic acids is 1. The molecule has 4 atom stereocenters. The van der Waals surface area contributed by atoms with Crippen LogP contribution < -0.4 is 5.32 Å². The molecule has 0 radical (unpaired) electrons. The molecule has 2 aromatic heterocycles. The first-order valence-corrected chi connectivity index (χ1v) is 10.5. The van der Waals surface area contributed by atoms with Crippen molar-refractivity contribution >= 4 is 17.2 Å². The summed E-state index contributed by atoms with van der Waals surface area (Å²) in [6.45, 7) is 5.73. The van der Waals surface area contributed by atoms with Gasteiger partial charge in [-0.1, -0.05) is 0 Å². The molecule has 2 bridgehead atoms.